The molecule has 0 saturated carbocycles. The predicted molar refractivity (Wildman–Crippen MR) is 111 cm³/mol. The molecule has 0 spiro atoms. The minimum atomic E-state index is -0.303. The van der Waals surface area contributed by atoms with Crippen LogP contribution in [-0.4, -0.2) is 12.5 Å². The van der Waals surface area contributed by atoms with Gasteiger partial charge in [0.1, 0.15) is 11.9 Å². The quantitative estimate of drug-likeness (QED) is 0.593. The molecule has 1 aliphatic heterocycles. The van der Waals surface area contributed by atoms with E-state index in [9.17, 15) is 4.79 Å². The number of ether oxygens (including phenoxy) is 1. The minimum absolute atomic E-state index is 0.0292. The minimum Gasteiger partial charge on any atom is -0.494 e. The molecule has 1 heterocycles. The first kappa shape index (κ1) is 17.6. The van der Waals surface area contributed by atoms with E-state index in [2.05, 4.69) is 21.2 Å². The summed E-state index contributed by atoms with van der Waals surface area (Å²) in [5.41, 5.74) is 3.32. The van der Waals surface area contributed by atoms with Crippen LogP contribution in [0.25, 0.3) is 0 Å². The Morgan fingerprint density at radius 2 is 1.81 bits per heavy atom. The third-order valence-corrected chi connectivity index (χ3v) is 5.01. The molecule has 136 valence electrons. The molecule has 4 rings (SSSR count). The molecule has 0 radical (unpaired) electrons. The Bertz CT molecular complexity index is 972. The lowest BCUT2D eigenvalue weighted by Crippen LogP contribution is -2.43. The second-order valence-electron chi connectivity index (χ2n) is 6.25. The molecule has 5 heteroatoms. The Morgan fingerprint density at radius 1 is 1.04 bits per heavy atom. The van der Waals surface area contributed by atoms with Gasteiger partial charge < -0.3 is 10.1 Å². The van der Waals surface area contributed by atoms with Crippen molar-refractivity contribution in [1.29, 1.82) is 0 Å². The van der Waals surface area contributed by atoms with Crippen LogP contribution in [-0.2, 0) is 0 Å². The highest BCUT2D eigenvalue weighted by atomic mass is 79.9. The summed E-state index contributed by atoms with van der Waals surface area (Å²) >= 11 is 3.53. The van der Waals surface area contributed by atoms with E-state index in [4.69, 9.17) is 4.74 Å². The van der Waals surface area contributed by atoms with E-state index in [-0.39, 0.29) is 12.1 Å². The van der Waals surface area contributed by atoms with E-state index < -0.39 is 0 Å². The number of carbonyl (C=O) groups is 1. The lowest BCUT2D eigenvalue weighted by atomic mass is 10.0. The largest absolute Gasteiger partial charge is 0.494 e. The number of para-hydroxylation sites is 1. The molecule has 0 unspecified atom stereocenters. The fourth-order valence-corrected chi connectivity index (χ4v) is 3.72. The fraction of sp³-hybridized carbons (Fsp3) is 0.136. The van der Waals surface area contributed by atoms with E-state index in [0.717, 1.165) is 27.2 Å². The van der Waals surface area contributed by atoms with Crippen LogP contribution in [0, 0.1) is 0 Å². The van der Waals surface area contributed by atoms with Crippen molar-refractivity contribution >= 4 is 33.2 Å². The van der Waals surface area contributed by atoms with E-state index in [1.54, 1.807) is 4.90 Å². The highest BCUT2D eigenvalue weighted by Gasteiger charge is 2.34. The SMILES string of the molecule is CCOc1ccc(N2C(=O)c3ccccc3N[C@H]2c2cccc(Br)c2)cc1. The summed E-state index contributed by atoms with van der Waals surface area (Å²) in [5.74, 6) is 0.761. The van der Waals surface area contributed by atoms with Crippen LogP contribution in [0.15, 0.2) is 77.3 Å². The Labute approximate surface area is 166 Å². The molecule has 1 amide bonds. The van der Waals surface area contributed by atoms with Gasteiger partial charge in [0.2, 0.25) is 0 Å². The van der Waals surface area contributed by atoms with Gasteiger partial charge in [0, 0.05) is 15.8 Å². The molecule has 4 nitrogen and oxygen atoms in total. The summed E-state index contributed by atoms with van der Waals surface area (Å²) in [6.45, 7) is 2.56. The van der Waals surface area contributed by atoms with Gasteiger partial charge in [-0.15, -0.1) is 0 Å². The monoisotopic (exact) mass is 422 g/mol. The first-order valence-corrected chi connectivity index (χ1v) is 9.64. The first-order chi connectivity index (χ1) is 13.2. The average Bonchev–Trinajstić information content (AvgIpc) is 2.69. The number of halogens is 1. The zero-order valence-corrected chi connectivity index (χ0v) is 16.4. The zero-order valence-electron chi connectivity index (χ0n) is 14.9. The van der Waals surface area contributed by atoms with Crippen molar-refractivity contribution in [3.05, 3.63) is 88.4 Å². The van der Waals surface area contributed by atoms with E-state index in [1.807, 2.05) is 79.7 Å². The number of nitrogens with one attached hydrogen (secondary N) is 1. The number of anilines is 2. The third kappa shape index (κ3) is 3.43. The topological polar surface area (TPSA) is 41.6 Å². The Balaban J connectivity index is 1.80. The summed E-state index contributed by atoms with van der Waals surface area (Å²) in [5, 5.41) is 3.51. The van der Waals surface area contributed by atoms with Crippen molar-refractivity contribution < 1.29 is 9.53 Å². The number of fused-ring (bicyclic) bond motifs is 1. The standard InChI is InChI=1S/C22H19BrN2O2/c1-2-27-18-12-10-17(11-13-18)25-21(15-6-5-7-16(23)14-15)24-20-9-4-3-8-19(20)22(25)26/h3-14,21,24H,2H2,1H3/t21-/m1/s1. The molecule has 3 aromatic rings. The van der Waals surface area contributed by atoms with Crippen LogP contribution in [0.4, 0.5) is 11.4 Å². The van der Waals surface area contributed by atoms with Crippen molar-refractivity contribution in [2.75, 3.05) is 16.8 Å². The fourth-order valence-electron chi connectivity index (χ4n) is 3.30. The lowest BCUT2D eigenvalue weighted by molar-refractivity contribution is 0.0975. The van der Waals surface area contributed by atoms with Gasteiger partial charge >= 0.3 is 0 Å². The summed E-state index contributed by atoms with van der Waals surface area (Å²) in [4.78, 5) is 15.1. The predicted octanol–water partition coefficient (Wildman–Crippen LogP) is 5.62. The third-order valence-electron chi connectivity index (χ3n) is 4.52. The van der Waals surface area contributed by atoms with Gasteiger partial charge in [0.25, 0.3) is 5.91 Å². The maximum Gasteiger partial charge on any atom is 0.262 e. The molecule has 1 N–H and O–H groups in total. The van der Waals surface area contributed by atoms with Crippen molar-refractivity contribution in [2.45, 2.75) is 13.1 Å². The van der Waals surface area contributed by atoms with Crippen LogP contribution >= 0.6 is 15.9 Å². The highest BCUT2D eigenvalue weighted by Crippen LogP contribution is 2.37. The van der Waals surface area contributed by atoms with Crippen LogP contribution in [0.3, 0.4) is 0 Å². The van der Waals surface area contributed by atoms with Gasteiger partial charge in [-0.3, -0.25) is 9.69 Å². The lowest BCUT2D eigenvalue weighted by Gasteiger charge is -2.38. The molecule has 3 aromatic carbocycles. The van der Waals surface area contributed by atoms with Crippen LogP contribution < -0.4 is 15.0 Å². The van der Waals surface area contributed by atoms with Crippen molar-refractivity contribution in [3.63, 3.8) is 0 Å². The van der Waals surface area contributed by atoms with Gasteiger partial charge in [0.05, 0.1) is 12.2 Å². The maximum absolute atomic E-state index is 13.3. The van der Waals surface area contributed by atoms with Gasteiger partial charge in [-0.05, 0) is 61.0 Å². The van der Waals surface area contributed by atoms with Crippen LogP contribution in [0.1, 0.15) is 29.0 Å². The normalized spacial score (nSPS) is 15.9. The van der Waals surface area contributed by atoms with Crippen molar-refractivity contribution in [2.24, 2.45) is 0 Å². The molecular weight excluding hydrogens is 404 g/mol. The molecule has 1 aliphatic rings. The van der Waals surface area contributed by atoms with Crippen LogP contribution in [0.5, 0.6) is 5.75 Å². The molecule has 0 aromatic heterocycles. The Kier molecular flexibility index (Phi) is 4.86. The van der Waals surface area contributed by atoms with Crippen molar-refractivity contribution in [3.8, 4) is 5.75 Å². The second kappa shape index (κ2) is 7.45. The molecule has 0 fully saturated rings. The maximum atomic E-state index is 13.3. The molecule has 1 atom stereocenters. The van der Waals surface area contributed by atoms with E-state index in [0.29, 0.717) is 12.2 Å². The van der Waals surface area contributed by atoms with E-state index >= 15 is 0 Å². The Hall–Kier alpha value is -2.79. The number of amides is 1. The number of hydrogen-bond acceptors (Lipinski definition) is 3. The number of carbonyl (C=O) groups excluding carboxylic acids is 1. The van der Waals surface area contributed by atoms with Gasteiger partial charge in [-0.2, -0.15) is 0 Å². The van der Waals surface area contributed by atoms with Gasteiger partial charge in [-0.1, -0.05) is 40.2 Å². The zero-order chi connectivity index (χ0) is 18.8. The smallest absolute Gasteiger partial charge is 0.262 e. The van der Waals surface area contributed by atoms with Gasteiger partial charge in [-0.25, -0.2) is 0 Å². The van der Waals surface area contributed by atoms with E-state index in [1.165, 1.54) is 0 Å². The molecule has 27 heavy (non-hydrogen) atoms. The Morgan fingerprint density at radius 3 is 2.56 bits per heavy atom. The number of hydrogen-bond donors (Lipinski definition) is 1. The van der Waals surface area contributed by atoms with Crippen molar-refractivity contribution in [1.82, 2.24) is 0 Å². The molecular formula is C22H19BrN2O2. The summed E-state index contributed by atoms with van der Waals surface area (Å²) in [6.07, 6.45) is -0.303. The summed E-state index contributed by atoms with van der Waals surface area (Å²) < 4.78 is 6.51. The highest BCUT2D eigenvalue weighted by molar-refractivity contribution is 9.10. The first-order valence-electron chi connectivity index (χ1n) is 8.85. The summed E-state index contributed by atoms with van der Waals surface area (Å²) in [7, 11) is 0. The van der Waals surface area contributed by atoms with Crippen LogP contribution in [0.2, 0.25) is 0 Å². The number of rotatable bonds is 4. The molecule has 0 bridgehead atoms. The summed E-state index contributed by atoms with van der Waals surface area (Å²) in [6, 6.07) is 23.2. The second-order valence-corrected chi connectivity index (χ2v) is 7.17. The number of benzene rings is 3. The molecule has 0 saturated heterocycles. The molecule has 0 aliphatic carbocycles. The van der Waals surface area contributed by atoms with Gasteiger partial charge in [0.15, 0.2) is 0 Å². The number of nitrogens with zero attached hydrogens (tertiary/aromatic N) is 1. The average molecular weight is 423 g/mol.